The summed E-state index contributed by atoms with van der Waals surface area (Å²) in [5, 5.41) is 2.90. The average molecular weight is 483 g/mol. The van der Waals surface area contributed by atoms with Crippen molar-refractivity contribution < 1.29 is 19.1 Å². The predicted octanol–water partition coefficient (Wildman–Crippen LogP) is 3.83. The lowest BCUT2D eigenvalue weighted by Crippen LogP contribution is -2.46. The molecule has 0 saturated heterocycles. The van der Waals surface area contributed by atoms with Crippen LogP contribution in [0, 0.1) is 5.92 Å². The van der Waals surface area contributed by atoms with Gasteiger partial charge in [0.05, 0.1) is 17.4 Å². The predicted molar refractivity (Wildman–Crippen MR) is 137 cm³/mol. The van der Waals surface area contributed by atoms with Gasteiger partial charge >= 0.3 is 0 Å². The van der Waals surface area contributed by atoms with E-state index in [0.717, 1.165) is 18.7 Å². The lowest BCUT2D eigenvalue weighted by molar-refractivity contribution is -0.116. The van der Waals surface area contributed by atoms with E-state index in [-0.39, 0.29) is 29.9 Å². The number of likely N-dealkylation sites (N-methyl/N-ethyl adjacent to an activating group) is 1. The van der Waals surface area contributed by atoms with Crippen LogP contribution in [-0.4, -0.2) is 72.6 Å². The van der Waals surface area contributed by atoms with E-state index in [1.165, 1.54) is 0 Å². The Kier molecular flexibility index (Phi) is 9.63. The molecular formula is C27H38N4O4. The van der Waals surface area contributed by atoms with Crippen molar-refractivity contribution in [2.24, 2.45) is 5.92 Å². The first-order chi connectivity index (χ1) is 16.8. The Morgan fingerprint density at radius 1 is 1.23 bits per heavy atom. The molecule has 8 heteroatoms. The molecule has 1 aromatic heterocycles. The number of anilines is 1. The molecule has 2 amide bonds. The van der Waals surface area contributed by atoms with Gasteiger partial charge in [-0.1, -0.05) is 19.9 Å². The number of carbonyl (C=O) groups is 2. The zero-order valence-electron chi connectivity index (χ0n) is 21.5. The number of benzene rings is 1. The smallest absolute Gasteiger partial charge is 0.257 e. The molecular weight excluding hydrogens is 444 g/mol. The molecule has 1 aliphatic heterocycles. The topological polar surface area (TPSA) is 84.0 Å². The molecule has 0 unspecified atom stereocenters. The molecule has 0 radical (unpaired) electrons. The van der Waals surface area contributed by atoms with E-state index in [1.807, 2.05) is 25.1 Å². The Hall–Kier alpha value is -2.97. The lowest BCUT2D eigenvalue weighted by Gasteiger charge is -2.35. The molecule has 0 saturated carbocycles. The highest BCUT2D eigenvalue weighted by atomic mass is 16.5. The Morgan fingerprint density at radius 2 is 2.03 bits per heavy atom. The maximum absolute atomic E-state index is 13.3. The van der Waals surface area contributed by atoms with Gasteiger partial charge in [-0.25, -0.2) is 0 Å². The molecule has 35 heavy (non-hydrogen) atoms. The van der Waals surface area contributed by atoms with Crippen molar-refractivity contribution in [1.29, 1.82) is 0 Å². The van der Waals surface area contributed by atoms with Crippen LogP contribution in [0.5, 0.6) is 5.75 Å². The molecule has 3 atom stereocenters. The molecule has 0 fully saturated rings. The Morgan fingerprint density at radius 3 is 2.71 bits per heavy atom. The fourth-order valence-corrected chi connectivity index (χ4v) is 4.30. The third kappa shape index (κ3) is 7.26. The summed E-state index contributed by atoms with van der Waals surface area (Å²) in [5.74, 6) is 0.440. The number of hydrogen-bond acceptors (Lipinski definition) is 6. The number of ether oxygens (including phenoxy) is 2. The van der Waals surface area contributed by atoms with Gasteiger partial charge in [0, 0.05) is 64.2 Å². The fourth-order valence-electron chi connectivity index (χ4n) is 4.30. The van der Waals surface area contributed by atoms with Crippen molar-refractivity contribution in [1.82, 2.24) is 14.8 Å². The van der Waals surface area contributed by atoms with Gasteiger partial charge in [-0.05, 0) is 43.5 Å². The first kappa shape index (κ1) is 26.6. The van der Waals surface area contributed by atoms with Gasteiger partial charge in [-0.15, -0.1) is 0 Å². The number of methoxy groups -OCH3 is 1. The van der Waals surface area contributed by atoms with Crippen molar-refractivity contribution in [3.8, 4) is 5.75 Å². The summed E-state index contributed by atoms with van der Waals surface area (Å²) in [7, 11) is 3.47. The van der Waals surface area contributed by atoms with Crippen molar-refractivity contribution in [3.63, 3.8) is 0 Å². The summed E-state index contributed by atoms with van der Waals surface area (Å²) >= 11 is 0. The van der Waals surface area contributed by atoms with Crippen LogP contribution >= 0.6 is 0 Å². The summed E-state index contributed by atoms with van der Waals surface area (Å²) in [4.78, 5) is 34.0. The van der Waals surface area contributed by atoms with Crippen molar-refractivity contribution in [2.75, 3.05) is 39.2 Å². The summed E-state index contributed by atoms with van der Waals surface area (Å²) < 4.78 is 12.1. The summed E-state index contributed by atoms with van der Waals surface area (Å²) in [6, 6.07) is 11.2. The first-order valence-electron chi connectivity index (χ1n) is 12.3. The van der Waals surface area contributed by atoms with E-state index >= 15 is 0 Å². The fraction of sp³-hybridized carbons (Fsp3) is 0.519. The van der Waals surface area contributed by atoms with Crippen LogP contribution in [0.1, 0.15) is 49.7 Å². The number of hydrogen-bond donors (Lipinski definition) is 1. The van der Waals surface area contributed by atoms with Gasteiger partial charge in [0.15, 0.2) is 0 Å². The summed E-state index contributed by atoms with van der Waals surface area (Å²) in [6.45, 7) is 8.51. The van der Waals surface area contributed by atoms with Gasteiger partial charge in [0.25, 0.3) is 5.91 Å². The van der Waals surface area contributed by atoms with E-state index in [2.05, 4.69) is 29.0 Å². The molecule has 8 nitrogen and oxygen atoms in total. The maximum Gasteiger partial charge on any atom is 0.257 e. The molecule has 1 aliphatic rings. The number of amides is 2. The number of pyridine rings is 1. The second-order valence-corrected chi connectivity index (χ2v) is 9.36. The van der Waals surface area contributed by atoms with Crippen LogP contribution in [-0.2, 0) is 16.1 Å². The molecule has 3 rings (SSSR count). The Labute approximate surface area is 208 Å². The summed E-state index contributed by atoms with van der Waals surface area (Å²) in [5.41, 5.74) is 2.07. The van der Waals surface area contributed by atoms with Crippen LogP contribution in [0.25, 0.3) is 0 Å². The van der Waals surface area contributed by atoms with Crippen LogP contribution in [0.3, 0.4) is 0 Å². The summed E-state index contributed by atoms with van der Waals surface area (Å²) in [6.07, 6.45) is 2.88. The van der Waals surface area contributed by atoms with Crippen LogP contribution < -0.4 is 10.1 Å². The number of aromatic nitrogens is 1. The highest BCUT2D eigenvalue weighted by Crippen LogP contribution is 2.27. The minimum Gasteiger partial charge on any atom is -0.491 e. The van der Waals surface area contributed by atoms with Crippen molar-refractivity contribution >= 4 is 17.5 Å². The number of fused-ring (bicyclic) bond motifs is 1. The quantitative estimate of drug-likeness (QED) is 0.674. The van der Waals surface area contributed by atoms with Crippen LogP contribution in [0.4, 0.5) is 5.69 Å². The van der Waals surface area contributed by atoms with E-state index in [0.29, 0.717) is 43.1 Å². The second kappa shape index (κ2) is 12.7. The monoisotopic (exact) mass is 482 g/mol. The molecule has 190 valence electrons. The normalized spacial score (nSPS) is 21.9. The molecule has 1 N–H and O–H groups in total. The Balaban J connectivity index is 1.92. The van der Waals surface area contributed by atoms with E-state index < -0.39 is 0 Å². The molecule has 0 aliphatic carbocycles. The first-order valence-corrected chi connectivity index (χ1v) is 12.3. The minimum absolute atomic E-state index is 0.0513. The number of rotatable bonds is 6. The zero-order chi connectivity index (χ0) is 25.4. The SMILES string of the molecule is CCCC(=O)Nc1ccc2c(c1)OC[C@H](C)N(Cc1ccccn1)C[C@@H](C)[C@@H](OC)CN(C)C2=O. The number of nitrogens with one attached hydrogen (secondary N) is 1. The highest BCUT2D eigenvalue weighted by molar-refractivity contribution is 5.98. The molecule has 2 heterocycles. The maximum atomic E-state index is 13.3. The standard InChI is InChI=1S/C27H38N4O4/c1-6-9-26(32)29-21-11-12-23-24(14-21)35-18-20(3)31(16-22-10-7-8-13-28-22)15-19(2)25(34-5)17-30(4)27(23)33/h7-8,10-14,19-20,25H,6,9,15-18H2,1-5H3,(H,29,32)/t19-,20+,25+/m1/s1. The van der Waals surface area contributed by atoms with Gasteiger partial charge in [0.2, 0.25) is 5.91 Å². The third-order valence-corrected chi connectivity index (χ3v) is 6.43. The molecule has 0 spiro atoms. The van der Waals surface area contributed by atoms with E-state index in [4.69, 9.17) is 9.47 Å². The second-order valence-electron chi connectivity index (χ2n) is 9.36. The zero-order valence-corrected chi connectivity index (χ0v) is 21.5. The van der Waals surface area contributed by atoms with Crippen LogP contribution in [0.2, 0.25) is 0 Å². The van der Waals surface area contributed by atoms with Gasteiger partial charge in [0.1, 0.15) is 12.4 Å². The number of nitrogens with zero attached hydrogens (tertiary/aromatic N) is 3. The Bertz CT molecular complexity index is 984. The van der Waals surface area contributed by atoms with Gasteiger partial charge in [-0.2, -0.15) is 0 Å². The minimum atomic E-state index is -0.140. The average Bonchev–Trinajstić information content (AvgIpc) is 2.85. The van der Waals surface area contributed by atoms with Crippen molar-refractivity contribution in [3.05, 3.63) is 53.9 Å². The largest absolute Gasteiger partial charge is 0.491 e. The van der Waals surface area contributed by atoms with Gasteiger partial charge < -0.3 is 19.7 Å². The van der Waals surface area contributed by atoms with Gasteiger partial charge in [-0.3, -0.25) is 19.5 Å². The highest BCUT2D eigenvalue weighted by Gasteiger charge is 2.28. The van der Waals surface area contributed by atoms with Crippen molar-refractivity contribution in [2.45, 2.75) is 52.3 Å². The molecule has 0 bridgehead atoms. The number of carbonyl (C=O) groups excluding carboxylic acids is 2. The third-order valence-electron chi connectivity index (χ3n) is 6.43. The van der Waals surface area contributed by atoms with E-state index in [1.54, 1.807) is 43.5 Å². The van der Waals surface area contributed by atoms with E-state index in [9.17, 15) is 9.59 Å². The molecule has 1 aromatic carbocycles. The lowest BCUT2D eigenvalue weighted by atomic mass is 10.0. The van der Waals surface area contributed by atoms with Crippen LogP contribution in [0.15, 0.2) is 42.6 Å². The molecule has 2 aromatic rings.